The van der Waals surface area contributed by atoms with Gasteiger partial charge in [0.1, 0.15) is 11.4 Å². The molecule has 1 aromatic carbocycles. The first-order chi connectivity index (χ1) is 10.2. The Labute approximate surface area is 133 Å². The van der Waals surface area contributed by atoms with E-state index in [4.69, 9.17) is 10.5 Å². The van der Waals surface area contributed by atoms with Crippen molar-refractivity contribution in [1.82, 2.24) is 5.32 Å². The van der Waals surface area contributed by atoms with Crippen molar-refractivity contribution in [3.05, 3.63) is 35.4 Å². The van der Waals surface area contributed by atoms with Crippen LogP contribution in [-0.4, -0.2) is 30.6 Å². The number of amidine groups is 1. The molecule has 0 atom stereocenters. The maximum atomic E-state index is 11.5. The Bertz CT molecular complexity index is 514. The third kappa shape index (κ3) is 6.61. The highest BCUT2D eigenvalue weighted by molar-refractivity contribution is 5.97. The highest BCUT2D eigenvalue weighted by atomic mass is 16.6. The maximum absolute atomic E-state index is 11.5. The summed E-state index contributed by atoms with van der Waals surface area (Å²) in [5.41, 5.74) is 7.61. The molecule has 0 spiro atoms. The summed E-state index contributed by atoms with van der Waals surface area (Å²) in [6, 6.07) is 8.05. The van der Waals surface area contributed by atoms with Gasteiger partial charge in [0.2, 0.25) is 0 Å². The van der Waals surface area contributed by atoms with Crippen LogP contribution < -0.4 is 11.1 Å². The van der Waals surface area contributed by atoms with Crippen molar-refractivity contribution in [2.45, 2.75) is 46.1 Å². The predicted molar refractivity (Wildman–Crippen MR) is 90.4 cm³/mol. The summed E-state index contributed by atoms with van der Waals surface area (Å²) >= 11 is 0. The number of nitrogens with two attached hydrogens (primary N) is 1. The molecule has 1 aromatic rings. The van der Waals surface area contributed by atoms with E-state index in [9.17, 15) is 4.79 Å². The molecule has 0 aromatic heterocycles. The van der Waals surface area contributed by atoms with Gasteiger partial charge in [-0.1, -0.05) is 38.1 Å². The molecule has 0 fully saturated rings. The second-order valence-corrected chi connectivity index (χ2v) is 6.47. The van der Waals surface area contributed by atoms with Gasteiger partial charge in [-0.2, -0.15) is 0 Å². The van der Waals surface area contributed by atoms with E-state index in [1.165, 1.54) is 5.56 Å². The van der Waals surface area contributed by atoms with E-state index in [0.29, 0.717) is 24.8 Å². The van der Waals surface area contributed by atoms with Crippen LogP contribution in [0.5, 0.6) is 0 Å². The second-order valence-electron chi connectivity index (χ2n) is 6.47. The SMILES string of the molecule is CC(C)c1ccc(C(N)=NCCNC(=O)OC(C)(C)C)cc1. The Morgan fingerprint density at radius 2 is 1.86 bits per heavy atom. The fraction of sp³-hybridized carbons (Fsp3) is 0.529. The first kappa shape index (κ1) is 18.0. The Morgan fingerprint density at radius 1 is 1.27 bits per heavy atom. The molecule has 0 aliphatic rings. The number of nitrogens with zero attached hydrogens (tertiary/aromatic N) is 1. The van der Waals surface area contributed by atoms with E-state index in [0.717, 1.165) is 5.56 Å². The van der Waals surface area contributed by atoms with Crippen LogP contribution in [0.3, 0.4) is 0 Å². The van der Waals surface area contributed by atoms with Crippen LogP contribution in [0.25, 0.3) is 0 Å². The molecule has 122 valence electrons. The fourth-order valence-corrected chi connectivity index (χ4v) is 1.78. The lowest BCUT2D eigenvalue weighted by Gasteiger charge is -2.19. The second kappa shape index (κ2) is 7.82. The molecule has 0 aliphatic carbocycles. The molecule has 3 N–H and O–H groups in total. The van der Waals surface area contributed by atoms with Crippen LogP contribution in [0.4, 0.5) is 4.79 Å². The van der Waals surface area contributed by atoms with Crippen molar-refractivity contribution in [3.63, 3.8) is 0 Å². The van der Waals surface area contributed by atoms with Crippen LogP contribution in [-0.2, 0) is 4.74 Å². The summed E-state index contributed by atoms with van der Waals surface area (Å²) in [7, 11) is 0. The number of carbonyl (C=O) groups is 1. The van der Waals surface area contributed by atoms with Crippen LogP contribution in [0.1, 0.15) is 51.7 Å². The molecule has 1 rings (SSSR count). The Hall–Kier alpha value is -2.04. The molecule has 5 nitrogen and oxygen atoms in total. The molecule has 0 saturated carbocycles. The molecule has 0 heterocycles. The zero-order valence-electron chi connectivity index (χ0n) is 14.1. The number of hydrogen-bond acceptors (Lipinski definition) is 3. The third-order valence-corrected chi connectivity index (χ3v) is 2.94. The van der Waals surface area contributed by atoms with Gasteiger partial charge in [-0.25, -0.2) is 4.79 Å². The number of rotatable bonds is 5. The molecule has 0 bridgehead atoms. The molecule has 1 amide bonds. The average Bonchev–Trinajstić information content (AvgIpc) is 2.41. The van der Waals surface area contributed by atoms with Gasteiger partial charge in [0, 0.05) is 12.1 Å². The third-order valence-electron chi connectivity index (χ3n) is 2.94. The van der Waals surface area contributed by atoms with Gasteiger partial charge in [0.05, 0.1) is 6.54 Å². The minimum Gasteiger partial charge on any atom is -0.444 e. The minimum absolute atomic E-state index is 0.389. The number of aliphatic imine (C=N–C) groups is 1. The summed E-state index contributed by atoms with van der Waals surface area (Å²) in [5, 5.41) is 2.65. The summed E-state index contributed by atoms with van der Waals surface area (Å²) in [5.74, 6) is 0.964. The van der Waals surface area contributed by atoms with E-state index in [1.807, 2.05) is 32.9 Å². The molecule has 0 aliphatic heterocycles. The standard InChI is InChI=1S/C17H27N3O2/c1-12(2)13-6-8-14(9-7-13)15(18)19-10-11-20-16(21)22-17(3,4)5/h6-9,12H,10-11H2,1-5H3,(H2,18,19)(H,20,21). The lowest BCUT2D eigenvalue weighted by atomic mass is 10.0. The zero-order valence-corrected chi connectivity index (χ0v) is 14.1. The van der Waals surface area contributed by atoms with E-state index < -0.39 is 11.7 Å². The summed E-state index contributed by atoms with van der Waals surface area (Å²) in [4.78, 5) is 15.7. The smallest absolute Gasteiger partial charge is 0.407 e. The molecule has 5 heteroatoms. The molecule has 0 radical (unpaired) electrons. The minimum atomic E-state index is -0.495. The molecule has 0 unspecified atom stereocenters. The summed E-state index contributed by atoms with van der Waals surface area (Å²) < 4.78 is 5.14. The lowest BCUT2D eigenvalue weighted by molar-refractivity contribution is 0.0529. The number of ether oxygens (including phenoxy) is 1. The van der Waals surface area contributed by atoms with Crippen LogP contribution >= 0.6 is 0 Å². The highest BCUT2D eigenvalue weighted by Crippen LogP contribution is 2.14. The number of hydrogen-bond donors (Lipinski definition) is 2. The monoisotopic (exact) mass is 305 g/mol. The van der Waals surface area contributed by atoms with Gasteiger partial charge in [0.15, 0.2) is 0 Å². The number of amides is 1. The van der Waals surface area contributed by atoms with Gasteiger partial charge < -0.3 is 15.8 Å². The van der Waals surface area contributed by atoms with Crippen molar-refractivity contribution in [3.8, 4) is 0 Å². The van der Waals surface area contributed by atoms with Crippen LogP contribution in [0, 0.1) is 0 Å². The average molecular weight is 305 g/mol. The van der Waals surface area contributed by atoms with Crippen molar-refractivity contribution >= 4 is 11.9 Å². The number of benzene rings is 1. The first-order valence-electron chi connectivity index (χ1n) is 7.56. The number of nitrogens with one attached hydrogen (secondary N) is 1. The van der Waals surface area contributed by atoms with Crippen molar-refractivity contribution in [1.29, 1.82) is 0 Å². The van der Waals surface area contributed by atoms with Crippen LogP contribution in [0.15, 0.2) is 29.3 Å². The predicted octanol–water partition coefficient (Wildman–Crippen LogP) is 3.04. The normalized spacial score (nSPS) is 12.4. The fourth-order valence-electron chi connectivity index (χ4n) is 1.78. The Morgan fingerprint density at radius 3 is 2.36 bits per heavy atom. The first-order valence-corrected chi connectivity index (χ1v) is 7.56. The highest BCUT2D eigenvalue weighted by Gasteiger charge is 2.15. The molecular weight excluding hydrogens is 278 g/mol. The maximum Gasteiger partial charge on any atom is 0.407 e. The van der Waals surface area contributed by atoms with Crippen molar-refractivity contribution in [2.75, 3.05) is 13.1 Å². The van der Waals surface area contributed by atoms with Gasteiger partial charge in [0.25, 0.3) is 0 Å². The van der Waals surface area contributed by atoms with E-state index in [-0.39, 0.29) is 0 Å². The van der Waals surface area contributed by atoms with E-state index in [1.54, 1.807) is 0 Å². The molecule has 0 saturated heterocycles. The van der Waals surface area contributed by atoms with E-state index in [2.05, 4.69) is 36.3 Å². The lowest BCUT2D eigenvalue weighted by Crippen LogP contribution is -2.34. The van der Waals surface area contributed by atoms with Crippen molar-refractivity contribution < 1.29 is 9.53 Å². The van der Waals surface area contributed by atoms with Crippen molar-refractivity contribution in [2.24, 2.45) is 10.7 Å². The number of carbonyl (C=O) groups excluding carboxylic acids is 1. The quantitative estimate of drug-likeness (QED) is 0.498. The van der Waals surface area contributed by atoms with Gasteiger partial charge in [-0.3, -0.25) is 4.99 Å². The summed E-state index contributed by atoms with van der Waals surface area (Å²) in [6.07, 6.45) is -0.442. The Kier molecular flexibility index (Phi) is 6.40. The topological polar surface area (TPSA) is 76.7 Å². The van der Waals surface area contributed by atoms with Gasteiger partial charge in [-0.05, 0) is 32.3 Å². The zero-order chi connectivity index (χ0) is 16.8. The largest absolute Gasteiger partial charge is 0.444 e. The van der Waals surface area contributed by atoms with Gasteiger partial charge in [-0.15, -0.1) is 0 Å². The summed E-state index contributed by atoms with van der Waals surface area (Å²) in [6.45, 7) is 10.6. The molecular formula is C17H27N3O2. The number of alkyl carbamates (subject to hydrolysis) is 1. The van der Waals surface area contributed by atoms with Gasteiger partial charge >= 0.3 is 6.09 Å². The van der Waals surface area contributed by atoms with Crippen LogP contribution in [0.2, 0.25) is 0 Å². The van der Waals surface area contributed by atoms with E-state index >= 15 is 0 Å². The Balaban J connectivity index is 2.44. The molecule has 22 heavy (non-hydrogen) atoms.